The van der Waals surface area contributed by atoms with E-state index in [1.54, 1.807) is 0 Å². The van der Waals surface area contributed by atoms with Crippen molar-refractivity contribution in [2.24, 2.45) is 0 Å². The van der Waals surface area contributed by atoms with Crippen molar-refractivity contribution in [3.05, 3.63) is 0 Å². The van der Waals surface area contributed by atoms with Crippen molar-refractivity contribution in [3.63, 3.8) is 0 Å². The first-order chi connectivity index (χ1) is 8.40. The zero-order valence-electron chi connectivity index (χ0n) is 15.7. The van der Waals surface area contributed by atoms with Gasteiger partial charge in [-0.15, -0.1) is 0 Å². The van der Waals surface area contributed by atoms with Crippen molar-refractivity contribution in [1.82, 2.24) is 6.30 Å². The molecule has 0 aromatic heterocycles. The van der Waals surface area contributed by atoms with E-state index in [4.69, 9.17) is 0 Å². The number of rotatable bonds is 6. The normalized spacial score (nSPS) is 15.6. The van der Waals surface area contributed by atoms with Crippen LogP contribution in [0.4, 0.5) is 3.47 Å². The van der Waals surface area contributed by atoms with Crippen LogP contribution < -0.4 is 0 Å². The molecule has 0 aliphatic rings. The van der Waals surface area contributed by atoms with E-state index in [1.807, 2.05) is 0 Å². The summed E-state index contributed by atoms with van der Waals surface area (Å²) in [4.78, 5) is 0. The zero-order valence-corrected chi connectivity index (χ0v) is 21.6. The summed E-state index contributed by atoms with van der Waals surface area (Å²) in [6.45, 7) is 27.8. The average Bonchev–Trinajstić information content (AvgIpc) is 1.88. The van der Waals surface area contributed by atoms with Crippen LogP contribution in [0.15, 0.2) is 0 Å². The number of hydrogen-bond acceptors (Lipinski definition) is 2. The molecule has 0 aliphatic carbocycles. The van der Waals surface area contributed by atoms with Crippen molar-refractivity contribution in [2.45, 2.75) is 78.6 Å². The summed E-state index contributed by atoms with van der Waals surface area (Å²) < 4.78 is 20.8. The summed E-state index contributed by atoms with van der Waals surface area (Å²) in [5.74, 6) is 0. The molecule has 8 heteroatoms. The number of nitrogens with zero attached hydrogens (tertiary/aromatic N) is 2. The van der Waals surface area contributed by atoms with Crippen molar-refractivity contribution in [1.29, 1.82) is 0 Å². The van der Waals surface area contributed by atoms with Gasteiger partial charge in [0.1, 0.15) is 0 Å². The molecular weight excluding hydrogens is 378 g/mol. The van der Waals surface area contributed by atoms with E-state index in [0.29, 0.717) is 0 Å². The Bertz CT molecular complexity index is 268. The molecule has 0 unspecified atom stereocenters. The molecule has 2 nitrogen and oxygen atoms in total. The Kier molecular flexibility index (Phi) is 6.82. The van der Waals surface area contributed by atoms with Crippen LogP contribution in [0.2, 0.25) is 78.6 Å². The van der Waals surface area contributed by atoms with E-state index in [1.165, 1.54) is 0 Å². The van der Waals surface area contributed by atoms with Gasteiger partial charge >= 0.3 is 137 Å². The molecule has 0 aliphatic heterocycles. The van der Waals surface area contributed by atoms with Crippen molar-refractivity contribution in [2.75, 3.05) is 0 Å². The Balaban J connectivity index is 5.81. The first-order valence-electron chi connectivity index (χ1n) is 7.46. The monoisotopic (exact) mass is 414 g/mol. The summed E-state index contributed by atoms with van der Waals surface area (Å²) in [6.07, 6.45) is 0. The van der Waals surface area contributed by atoms with Crippen LogP contribution in [-0.4, -0.2) is 54.8 Å². The molecule has 122 valence electrons. The van der Waals surface area contributed by atoms with E-state index >= 15 is 3.47 Å². The maximum absolute atomic E-state index is 15.9. The van der Waals surface area contributed by atoms with E-state index in [9.17, 15) is 0 Å². The van der Waals surface area contributed by atoms with Gasteiger partial charge in [0, 0.05) is 0 Å². The Morgan fingerprint density at radius 3 is 0.750 bits per heavy atom. The second kappa shape index (κ2) is 6.41. The van der Waals surface area contributed by atoms with Gasteiger partial charge in [-0.05, 0) is 0 Å². The average molecular weight is 415 g/mol. The molecule has 0 saturated carbocycles. The van der Waals surface area contributed by atoms with Crippen LogP contribution in [0.3, 0.4) is 0 Å². The molecule has 0 spiro atoms. The molecule has 20 heavy (non-hydrogen) atoms. The van der Waals surface area contributed by atoms with Gasteiger partial charge in [-0.3, -0.25) is 0 Å². The third kappa shape index (κ3) is 5.81. The molecule has 0 fully saturated rings. The molecule has 0 saturated heterocycles. The zero-order chi connectivity index (χ0) is 16.7. The first kappa shape index (κ1) is 21.3. The molecule has 0 amide bonds. The van der Waals surface area contributed by atoms with Gasteiger partial charge in [-0.1, -0.05) is 0 Å². The number of halogens is 1. The molecule has 0 heterocycles. The van der Waals surface area contributed by atoms with Gasteiger partial charge in [-0.25, -0.2) is 0 Å². The van der Waals surface area contributed by atoms with Crippen LogP contribution in [0, 0.1) is 0 Å². The molecule has 0 aromatic carbocycles. The van der Waals surface area contributed by atoms with Crippen LogP contribution in [0.1, 0.15) is 0 Å². The second-order valence-electron chi connectivity index (χ2n) is 9.55. The molecule has 0 aromatic rings. The fourth-order valence-electron chi connectivity index (χ4n) is 3.09. The SMILES string of the molecule is C[Si](C)(C)N([As](F)N([Si](C)(C)C)[Si](C)(C)C)[Si](C)(C)C. The molecule has 0 bridgehead atoms. The van der Waals surface area contributed by atoms with Gasteiger partial charge in [0.2, 0.25) is 0 Å². The van der Waals surface area contributed by atoms with E-state index in [2.05, 4.69) is 84.9 Å². The van der Waals surface area contributed by atoms with Crippen LogP contribution in [-0.2, 0) is 0 Å². The Hall–Kier alpha value is 1.28. The molecule has 0 N–H and O–H groups in total. The quantitative estimate of drug-likeness (QED) is 0.571. The summed E-state index contributed by atoms with van der Waals surface area (Å²) in [6, 6.07) is 0. The minimum atomic E-state index is -2.60. The predicted octanol–water partition coefficient (Wildman–Crippen LogP) is 4.88. The standard InChI is InChI=1S/C12H36AsFN2Si4/c1-17(2,3)15(18(4,5)6)13(14)16(19(7,8)9)20(10,11)12/h1-12H3. The van der Waals surface area contributed by atoms with Crippen LogP contribution in [0.5, 0.6) is 0 Å². The fraction of sp³-hybridized carbons (Fsp3) is 1.00. The van der Waals surface area contributed by atoms with Crippen LogP contribution in [0.25, 0.3) is 0 Å². The van der Waals surface area contributed by atoms with Crippen LogP contribution >= 0.6 is 0 Å². The van der Waals surface area contributed by atoms with E-state index < -0.39 is 48.5 Å². The summed E-state index contributed by atoms with van der Waals surface area (Å²) in [5, 5.41) is 0. The topological polar surface area (TPSA) is 6.48 Å². The first-order valence-corrected chi connectivity index (χ1v) is 23.6. The summed E-state index contributed by atoms with van der Waals surface area (Å²) >= 11 is -2.60. The summed E-state index contributed by atoms with van der Waals surface area (Å²) in [7, 11) is -6.47. The fourth-order valence-corrected chi connectivity index (χ4v) is 37.7. The third-order valence-corrected chi connectivity index (χ3v) is 35.9. The second-order valence-corrected chi connectivity index (χ2v) is 35.5. The predicted molar refractivity (Wildman–Crippen MR) is 104 cm³/mol. The van der Waals surface area contributed by atoms with Gasteiger partial charge < -0.3 is 0 Å². The maximum atomic E-state index is 15.9. The van der Waals surface area contributed by atoms with E-state index in [0.717, 1.165) is 0 Å². The van der Waals surface area contributed by atoms with E-state index in [-0.39, 0.29) is 0 Å². The van der Waals surface area contributed by atoms with Gasteiger partial charge in [0.15, 0.2) is 0 Å². The van der Waals surface area contributed by atoms with Gasteiger partial charge in [0.25, 0.3) is 0 Å². The Labute approximate surface area is 136 Å². The molecular formula is C12H36AsFN2Si4. The molecule has 0 atom stereocenters. The Morgan fingerprint density at radius 1 is 0.500 bits per heavy atom. The number of hydrogen-bond donors (Lipinski definition) is 0. The summed E-state index contributed by atoms with van der Waals surface area (Å²) in [5.41, 5.74) is 0. The van der Waals surface area contributed by atoms with Gasteiger partial charge in [0.05, 0.1) is 0 Å². The molecule has 0 radical (unpaired) electrons. The van der Waals surface area contributed by atoms with Gasteiger partial charge in [-0.2, -0.15) is 0 Å². The Morgan fingerprint density at radius 2 is 0.650 bits per heavy atom. The third-order valence-electron chi connectivity index (χ3n) is 2.87. The van der Waals surface area contributed by atoms with Crippen molar-refractivity contribution < 1.29 is 3.47 Å². The minimum absolute atomic E-state index is 1.62. The van der Waals surface area contributed by atoms with Crippen molar-refractivity contribution in [3.8, 4) is 0 Å². The molecule has 0 rings (SSSR count). The van der Waals surface area contributed by atoms with Crippen molar-refractivity contribution >= 4 is 48.5 Å².